The zero-order valence-electron chi connectivity index (χ0n) is 10.4. The van der Waals surface area contributed by atoms with E-state index in [0.29, 0.717) is 0 Å². The van der Waals surface area contributed by atoms with Crippen molar-refractivity contribution in [2.45, 2.75) is 25.7 Å². The number of rotatable bonds is 3. The summed E-state index contributed by atoms with van der Waals surface area (Å²) in [5.74, 6) is -0.761. The van der Waals surface area contributed by atoms with Crippen molar-refractivity contribution in [2.75, 3.05) is 0 Å². The fourth-order valence-corrected chi connectivity index (χ4v) is 2.37. The van der Waals surface area contributed by atoms with Crippen LogP contribution in [0.5, 0.6) is 0 Å². The molecule has 1 aromatic heterocycles. The zero-order valence-corrected chi connectivity index (χ0v) is 10.4. The van der Waals surface area contributed by atoms with Gasteiger partial charge in [0.25, 0.3) is 0 Å². The number of aliphatic carboxylic acids is 1. The summed E-state index contributed by atoms with van der Waals surface area (Å²) in [6.07, 6.45) is 2.14. The summed E-state index contributed by atoms with van der Waals surface area (Å²) in [5, 5.41) is 10.1. The van der Waals surface area contributed by atoms with E-state index in [9.17, 15) is 4.79 Å². The molecule has 0 spiro atoms. The van der Waals surface area contributed by atoms with E-state index >= 15 is 0 Å². The van der Waals surface area contributed by atoms with Gasteiger partial charge in [0.15, 0.2) is 0 Å². The molecule has 0 aliphatic heterocycles. The lowest BCUT2D eigenvalue weighted by atomic mass is 9.80. The van der Waals surface area contributed by atoms with Gasteiger partial charge in [-0.05, 0) is 17.7 Å². The molecular formula is C14H17NO2. The Morgan fingerprint density at radius 3 is 2.71 bits per heavy atom. The van der Waals surface area contributed by atoms with E-state index in [4.69, 9.17) is 5.11 Å². The molecule has 0 aliphatic rings. The SMILES string of the molecule is Cn1ccc2c(C(C)(C)CC(=O)O)cccc21. The van der Waals surface area contributed by atoms with Crippen molar-refractivity contribution in [3.8, 4) is 0 Å². The number of aromatic nitrogens is 1. The fourth-order valence-electron chi connectivity index (χ4n) is 2.37. The Balaban J connectivity index is 2.58. The minimum Gasteiger partial charge on any atom is -0.481 e. The minimum atomic E-state index is -0.761. The summed E-state index contributed by atoms with van der Waals surface area (Å²) in [6.45, 7) is 3.95. The second kappa shape index (κ2) is 3.91. The molecule has 1 aromatic carbocycles. The molecule has 0 unspecified atom stereocenters. The Morgan fingerprint density at radius 1 is 1.35 bits per heavy atom. The van der Waals surface area contributed by atoms with E-state index in [1.165, 1.54) is 0 Å². The van der Waals surface area contributed by atoms with Crippen molar-refractivity contribution in [1.82, 2.24) is 4.57 Å². The predicted molar refractivity (Wildman–Crippen MR) is 68.2 cm³/mol. The van der Waals surface area contributed by atoms with Crippen LogP contribution in [0.4, 0.5) is 0 Å². The number of hydrogen-bond donors (Lipinski definition) is 1. The van der Waals surface area contributed by atoms with Crippen molar-refractivity contribution in [3.63, 3.8) is 0 Å². The van der Waals surface area contributed by atoms with E-state index in [1.54, 1.807) is 0 Å². The number of benzene rings is 1. The van der Waals surface area contributed by atoms with E-state index in [1.807, 2.05) is 45.3 Å². The molecule has 0 atom stereocenters. The summed E-state index contributed by atoms with van der Waals surface area (Å²) in [7, 11) is 2.00. The van der Waals surface area contributed by atoms with Gasteiger partial charge in [-0.25, -0.2) is 0 Å². The average molecular weight is 231 g/mol. The number of carbonyl (C=O) groups is 1. The first-order valence-electron chi connectivity index (χ1n) is 5.68. The van der Waals surface area contributed by atoms with Crippen molar-refractivity contribution < 1.29 is 9.90 Å². The van der Waals surface area contributed by atoms with E-state index in [0.717, 1.165) is 16.5 Å². The van der Waals surface area contributed by atoms with Crippen molar-refractivity contribution in [2.24, 2.45) is 7.05 Å². The number of carboxylic acids is 1. The second-order valence-electron chi connectivity index (χ2n) is 5.12. The normalized spacial score (nSPS) is 11.9. The molecule has 0 bridgehead atoms. The molecule has 1 heterocycles. The van der Waals surface area contributed by atoms with Gasteiger partial charge >= 0.3 is 5.97 Å². The number of hydrogen-bond acceptors (Lipinski definition) is 1. The molecule has 0 aliphatic carbocycles. The summed E-state index contributed by atoms with van der Waals surface area (Å²) in [6, 6.07) is 8.11. The Morgan fingerprint density at radius 2 is 2.06 bits per heavy atom. The van der Waals surface area contributed by atoms with Crippen LogP contribution in [0, 0.1) is 0 Å². The van der Waals surface area contributed by atoms with Gasteiger partial charge in [-0.2, -0.15) is 0 Å². The van der Waals surface area contributed by atoms with Gasteiger partial charge in [0.2, 0.25) is 0 Å². The van der Waals surface area contributed by atoms with Gasteiger partial charge in [0.05, 0.1) is 6.42 Å². The summed E-state index contributed by atoms with van der Waals surface area (Å²) < 4.78 is 2.05. The smallest absolute Gasteiger partial charge is 0.304 e. The quantitative estimate of drug-likeness (QED) is 0.882. The van der Waals surface area contributed by atoms with Gasteiger partial charge in [-0.15, -0.1) is 0 Å². The maximum atomic E-state index is 10.9. The lowest BCUT2D eigenvalue weighted by Crippen LogP contribution is -2.21. The summed E-state index contributed by atoms with van der Waals surface area (Å²) in [4.78, 5) is 10.9. The highest BCUT2D eigenvalue weighted by molar-refractivity contribution is 5.85. The van der Waals surface area contributed by atoms with Crippen LogP contribution < -0.4 is 0 Å². The van der Waals surface area contributed by atoms with E-state index in [2.05, 4.69) is 10.6 Å². The van der Waals surface area contributed by atoms with Crippen LogP contribution in [0.3, 0.4) is 0 Å². The third-order valence-corrected chi connectivity index (χ3v) is 3.25. The van der Waals surface area contributed by atoms with Crippen molar-refractivity contribution >= 4 is 16.9 Å². The molecule has 0 radical (unpaired) electrons. The average Bonchev–Trinajstić information content (AvgIpc) is 2.58. The fraction of sp³-hybridized carbons (Fsp3) is 0.357. The molecule has 3 nitrogen and oxygen atoms in total. The molecule has 0 saturated carbocycles. The maximum Gasteiger partial charge on any atom is 0.304 e. The van der Waals surface area contributed by atoms with Crippen LogP contribution in [-0.2, 0) is 17.3 Å². The lowest BCUT2D eigenvalue weighted by molar-refractivity contribution is -0.138. The monoisotopic (exact) mass is 231 g/mol. The maximum absolute atomic E-state index is 10.9. The highest BCUT2D eigenvalue weighted by Crippen LogP contribution is 2.33. The van der Waals surface area contributed by atoms with Crippen LogP contribution in [0.2, 0.25) is 0 Å². The lowest BCUT2D eigenvalue weighted by Gasteiger charge is -2.24. The Kier molecular flexibility index (Phi) is 2.69. The predicted octanol–water partition coefficient (Wildman–Crippen LogP) is 2.93. The second-order valence-corrected chi connectivity index (χ2v) is 5.12. The number of aryl methyl sites for hydroxylation is 1. The molecule has 2 rings (SSSR count). The molecule has 0 amide bonds. The Labute approximate surface area is 101 Å². The molecule has 0 saturated heterocycles. The largest absolute Gasteiger partial charge is 0.481 e. The van der Waals surface area contributed by atoms with Crippen molar-refractivity contribution in [3.05, 3.63) is 36.0 Å². The Bertz CT molecular complexity index is 567. The first-order chi connectivity index (χ1) is 7.92. The first kappa shape index (κ1) is 11.7. The molecular weight excluding hydrogens is 214 g/mol. The highest BCUT2D eigenvalue weighted by Gasteiger charge is 2.26. The molecule has 90 valence electrons. The molecule has 0 fully saturated rings. The third-order valence-electron chi connectivity index (χ3n) is 3.25. The molecule has 3 heteroatoms. The van der Waals surface area contributed by atoms with Crippen LogP contribution in [0.15, 0.2) is 30.5 Å². The van der Waals surface area contributed by atoms with Crippen LogP contribution in [-0.4, -0.2) is 15.6 Å². The Hall–Kier alpha value is -1.77. The summed E-state index contributed by atoms with van der Waals surface area (Å²) in [5.41, 5.74) is 1.88. The minimum absolute atomic E-state index is 0.140. The van der Waals surface area contributed by atoms with Gasteiger partial charge in [-0.3, -0.25) is 4.79 Å². The van der Waals surface area contributed by atoms with Crippen LogP contribution in [0.1, 0.15) is 25.8 Å². The number of nitrogens with zero attached hydrogens (tertiary/aromatic N) is 1. The van der Waals surface area contributed by atoms with Gasteiger partial charge in [-0.1, -0.05) is 26.0 Å². The molecule has 1 N–H and O–H groups in total. The van der Waals surface area contributed by atoms with E-state index in [-0.39, 0.29) is 11.8 Å². The highest BCUT2D eigenvalue weighted by atomic mass is 16.4. The number of carboxylic acid groups (broad SMARTS) is 1. The zero-order chi connectivity index (χ0) is 12.6. The first-order valence-corrected chi connectivity index (χ1v) is 5.68. The van der Waals surface area contributed by atoms with Crippen LogP contribution in [0.25, 0.3) is 10.9 Å². The standard InChI is InChI=1S/C14H17NO2/c1-14(2,9-13(16)17)11-5-4-6-12-10(11)7-8-15(12)3/h4-8H,9H2,1-3H3,(H,16,17). The topological polar surface area (TPSA) is 42.2 Å². The third kappa shape index (κ3) is 2.05. The van der Waals surface area contributed by atoms with Gasteiger partial charge in [0, 0.05) is 29.6 Å². The van der Waals surface area contributed by atoms with Gasteiger partial charge < -0.3 is 9.67 Å². The number of fused-ring (bicyclic) bond motifs is 1. The van der Waals surface area contributed by atoms with Crippen molar-refractivity contribution in [1.29, 1.82) is 0 Å². The molecule has 17 heavy (non-hydrogen) atoms. The van der Waals surface area contributed by atoms with Crippen LogP contribution >= 0.6 is 0 Å². The summed E-state index contributed by atoms with van der Waals surface area (Å²) >= 11 is 0. The molecule has 2 aromatic rings. The van der Waals surface area contributed by atoms with E-state index < -0.39 is 5.97 Å². The van der Waals surface area contributed by atoms with Gasteiger partial charge in [0.1, 0.15) is 0 Å².